The first kappa shape index (κ1) is 16.0. The Morgan fingerprint density at radius 2 is 2.05 bits per heavy atom. The Kier molecular flexibility index (Phi) is 4.79. The number of aromatic nitrogens is 4. The van der Waals surface area contributed by atoms with Gasteiger partial charge in [0.2, 0.25) is 0 Å². The number of aliphatic carboxylic acids is 1. The highest BCUT2D eigenvalue weighted by molar-refractivity contribution is 5.70. The van der Waals surface area contributed by atoms with E-state index in [0.717, 1.165) is 6.42 Å². The van der Waals surface area contributed by atoms with E-state index in [1.807, 2.05) is 6.92 Å². The van der Waals surface area contributed by atoms with Crippen LogP contribution in [-0.4, -0.2) is 30.2 Å². The summed E-state index contributed by atoms with van der Waals surface area (Å²) >= 11 is 0. The minimum Gasteiger partial charge on any atom is -0.481 e. The number of nitrogens with zero attached hydrogens (tertiary/aromatic N) is 3. The van der Waals surface area contributed by atoms with Crippen LogP contribution in [0.1, 0.15) is 38.4 Å². The maximum Gasteiger partial charge on any atom is 0.330 e. The Morgan fingerprint density at radius 3 is 2.68 bits per heavy atom. The third-order valence-corrected chi connectivity index (χ3v) is 3.59. The largest absolute Gasteiger partial charge is 0.481 e. The second-order valence-electron chi connectivity index (χ2n) is 5.27. The number of H-pyrrole nitrogens is 1. The van der Waals surface area contributed by atoms with Crippen molar-refractivity contribution in [3.63, 3.8) is 0 Å². The molecular formula is C14H20N4O4. The monoisotopic (exact) mass is 308 g/mol. The fourth-order valence-electron chi connectivity index (χ4n) is 2.51. The fraction of sp³-hybridized carbons (Fsp3) is 0.571. The highest BCUT2D eigenvalue weighted by Gasteiger charge is 2.15. The lowest BCUT2D eigenvalue weighted by Crippen LogP contribution is -2.30. The molecule has 0 spiro atoms. The molecule has 2 rings (SSSR count). The zero-order valence-electron chi connectivity index (χ0n) is 12.8. The number of unbranched alkanes of at least 4 members (excludes halogenated alkanes) is 1. The summed E-state index contributed by atoms with van der Waals surface area (Å²) in [5, 5.41) is 8.64. The quantitative estimate of drug-likeness (QED) is 0.729. The van der Waals surface area contributed by atoms with E-state index in [2.05, 4.69) is 9.97 Å². The lowest BCUT2D eigenvalue weighted by Gasteiger charge is -2.03. The van der Waals surface area contributed by atoms with E-state index < -0.39 is 17.2 Å². The van der Waals surface area contributed by atoms with Crippen molar-refractivity contribution >= 4 is 17.1 Å². The molecule has 0 aliphatic heterocycles. The molecule has 22 heavy (non-hydrogen) atoms. The minimum atomic E-state index is -0.821. The van der Waals surface area contributed by atoms with E-state index in [1.54, 1.807) is 11.6 Å². The number of hydrogen-bond donors (Lipinski definition) is 2. The zero-order valence-corrected chi connectivity index (χ0v) is 12.8. The van der Waals surface area contributed by atoms with E-state index in [9.17, 15) is 14.4 Å². The van der Waals surface area contributed by atoms with E-state index in [1.165, 1.54) is 4.57 Å². The molecule has 0 saturated carbocycles. The van der Waals surface area contributed by atoms with E-state index in [-0.39, 0.29) is 6.42 Å². The van der Waals surface area contributed by atoms with Gasteiger partial charge in [-0.3, -0.25) is 19.1 Å². The second kappa shape index (κ2) is 6.59. The van der Waals surface area contributed by atoms with Gasteiger partial charge in [-0.15, -0.1) is 0 Å². The molecule has 0 unspecified atom stereocenters. The Bertz CT molecular complexity index is 800. The van der Waals surface area contributed by atoms with Crippen LogP contribution in [0.15, 0.2) is 9.59 Å². The molecule has 2 heterocycles. The van der Waals surface area contributed by atoms with Crippen LogP contribution in [0.2, 0.25) is 0 Å². The molecule has 0 aliphatic rings. The summed E-state index contributed by atoms with van der Waals surface area (Å²) in [6, 6.07) is 0. The van der Waals surface area contributed by atoms with Gasteiger partial charge in [0.15, 0.2) is 11.2 Å². The standard InChI is InChI=1S/C14H20N4O4/c1-3-8-18-12-11(13(21)16-14(18)22)17(2)9(15-12)6-4-5-7-10(19)20/h3-8H2,1-2H3,(H,19,20)(H,16,21,22). The van der Waals surface area contributed by atoms with Crippen LogP contribution in [0.25, 0.3) is 11.2 Å². The van der Waals surface area contributed by atoms with Crippen molar-refractivity contribution in [3.05, 3.63) is 26.7 Å². The molecule has 0 radical (unpaired) electrons. The van der Waals surface area contributed by atoms with Crippen LogP contribution in [0.4, 0.5) is 0 Å². The predicted octanol–water partition coefficient (Wildman–Crippen LogP) is 0.631. The number of hydrogen-bond acceptors (Lipinski definition) is 4. The Morgan fingerprint density at radius 1 is 1.32 bits per heavy atom. The first-order valence-electron chi connectivity index (χ1n) is 7.36. The SMILES string of the molecule is CCCn1c(=O)[nH]c(=O)c2c1nc(CCCCC(=O)O)n2C. The lowest BCUT2D eigenvalue weighted by atomic mass is 10.2. The number of aryl methyl sites for hydroxylation is 3. The highest BCUT2D eigenvalue weighted by atomic mass is 16.4. The van der Waals surface area contributed by atoms with Crippen molar-refractivity contribution in [3.8, 4) is 0 Å². The summed E-state index contributed by atoms with van der Waals surface area (Å²) in [5.41, 5.74) is -0.123. The number of imidazole rings is 1. The molecular weight excluding hydrogens is 288 g/mol. The third kappa shape index (κ3) is 3.10. The molecule has 0 aromatic carbocycles. The van der Waals surface area contributed by atoms with Gasteiger partial charge in [0.1, 0.15) is 5.82 Å². The molecule has 2 aromatic rings. The number of rotatable bonds is 7. The number of nitrogens with one attached hydrogen (secondary N) is 1. The maximum atomic E-state index is 12.0. The normalized spacial score (nSPS) is 11.2. The van der Waals surface area contributed by atoms with Crippen molar-refractivity contribution in [2.75, 3.05) is 0 Å². The van der Waals surface area contributed by atoms with Crippen LogP contribution in [0.5, 0.6) is 0 Å². The van der Waals surface area contributed by atoms with E-state index in [4.69, 9.17) is 5.11 Å². The van der Waals surface area contributed by atoms with Crippen molar-refractivity contribution < 1.29 is 9.90 Å². The molecule has 8 nitrogen and oxygen atoms in total. The molecule has 2 aromatic heterocycles. The topological polar surface area (TPSA) is 110 Å². The minimum absolute atomic E-state index is 0.116. The molecule has 0 saturated heterocycles. The first-order chi connectivity index (χ1) is 10.5. The van der Waals surface area contributed by atoms with Gasteiger partial charge in [-0.2, -0.15) is 0 Å². The van der Waals surface area contributed by atoms with Gasteiger partial charge in [0, 0.05) is 26.4 Å². The molecule has 8 heteroatoms. The predicted molar refractivity (Wildman–Crippen MR) is 81.1 cm³/mol. The first-order valence-corrected chi connectivity index (χ1v) is 7.36. The van der Waals surface area contributed by atoms with Gasteiger partial charge in [-0.05, 0) is 19.3 Å². The highest BCUT2D eigenvalue weighted by Crippen LogP contribution is 2.12. The summed E-state index contributed by atoms with van der Waals surface area (Å²) in [4.78, 5) is 41.2. The summed E-state index contributed by atoms with van der Waals surface area (Å²) in [6.07, 6.45) is 2.66. The molecule has 0 fully saturated rings. The average molecular weight is 308 g/mol. The van der Waals surface area contributed by atoms with Crippen molar-refractivity contribution in [2.24, 2.45) is 7.05 Å². The van der Waals surface area contributed by atoms with Crippen LogP contribution in [0.3, 0.4) is 0 Å². The third-order valence-electron chi connectivity index (χ3n) is 3.59. The maximum absolute atomic E-state index is 12.0. The van der Waals surface area contributed by atoms with Crippen molar-refractivity contribution in [1.82, 2.24) is 19.1 Å². The average Bonchev–Trinajstić information content (AvgIpc) is 2.77. The van der Waals surface area contributed by atoms with Crippen LogP contribution in [0, 0.1) is 0 Å². The van der Waals surface area contributed by atoms with Gasteiger partial charge in [0.05, 0.1) is 0 Å². The van der Waals surface area contributed by atoms with E-state index >= 15 is 0 Å². The number of carboxylic acid groups (broad SMARTS) is 1. The Hall–Kier alpha value is -2.38. The van der Waals surface area contributed by atoms with Crippen molar-refractivity contribution in [2.45, 2.75) is 45.6 Å². The molecule has 0 bridgehead atoms. The molecule has 0 aliphatic carbocycles. The zero-order chi connectivity index (χ0) is 16.3. The van der Waals surface area contributed by atoms with Gasteiger partial charge in [-0.25, -0.2) is 9.78 Å². The number of fused-ring (bicyclic) bond motifs is 1. The van der Waals surface area contributed by atoms with Gasteiger partial charge in [0.25, 0.3) is 5.56 Å². The molecule has 120 valence electrons. The van der Waals surface area contributed by atoms with Crippen LogP contribution < -0.4 is 11.2 Å². The summed E-state index contributed by atoms with van der Waals surface area (Å²) in [6.45, 7) is 2.43. The number of carbonyl (C=O) groups is 1. The van der Waals surface area contributed by atoms with Gasteiger partial charge in [-0.1, -0.05) is 6.92 Å². The Labute approximate surface area is 126 Å². The smallest absolute Gasteiger partial charge is 0.330 e. The fourth-order valence-corrected chi connectivity index (χ4v) is 2.51. The van der Waals surface area contributed by atoms with Crippen LogP contribution in [-0.2, 0) is 24.8 Å². The van der Waals surface area contributed by atoms with Crippen LogP contribution >= 0.6 is 0 Å². The molecule has 0 amide bonds. The summed E-state index contributed by atoms with van der Waals surface area (Å²) in [5.74, 6) is -0.139. The number of carboxylic acids is 1. The number of aromatic amines is 1. The summed E-state index contributed by atoms with van der Waals surface area (Å²) in [7, 11) is 1.73. The molecule has 2 N–H and O–H groups in total. The second-order valence-corrected chi connectivity index (χ2v) is 5.27. The Balaban J connectivity index is 2.37. The lowest BCUT2D eigenvalue weighted by molar-refractivity contribution is -0.137. The van der Waals surface area contributed by atoms with E-state index in [0.29, 0.717) is 42.8 Å². The summed E-state index contributed by atoms with van der Waals surface area (Å²) < 4.78 is 3.15. The van der Waals surface area contributed by atoms with Crippen molar-refractivity contribution in [1.29, 1.82) is 0 Å². The van der Waals surface area contributed by atoms with Gasteiger partial charge >= 0.3 is 11.7 Å². The van der Waals surface area contributed by atoms with Gasteiger partial charge < -0.3 is 9.67 Å². The molecule has 0 atom stereocenters.